The Morgan fingerprint density at radius 3 is 3.00 bits per heavy atom. The molecule has 0 aliphatic carbocycles. The van der Waals surface area contributed by atoms with Gasteiger partial charge < -0.3 is 4.90 Å². The molecule has 3 rings (SSSR count). The molecule has 118 valence electrons. The number of aryl methyl sites for hydroxylation is 1. The van der Waals surface area contributed by atoms with Crippen LogP contribution in [0.1, 0.15) is 41.7 Å². The summed E-state index contributed by atoms with van der Waals surface area (Å²) in [6.45, 7) is 4.85. The molecule has 0 bridgehead atoms. The highest BCUT2D eigenvalue weighted by Gasteiger charge is 2.29. The lowest BCUT2D eigenvalue weighted by Crippen LogP contribution is -2.26. The molecule has 0 aromatic carbocycles. The summed E-state index contributed by atoms with van der Waals surface area (Å²) in [4.78, 5) is 13.8. The van der Waals surface area contributed by atoms with Gasteiger partial charge in [-0.05, 0) is 46.5 Å². The second-order valence-electron chi connectivity index (χ2n) is 6.28. The Kier molecular flexibility index (Phi) is 4.49. The molecule has 0 unspecified atom stereocenters. The van der Waals surface area contributed by atoms with Crippen molar-refractivity contribution in [2.75, 3.05) is 20.6 Å². The van der Waals surface area contributed by atoms with E-state index in [0.717, 1.165) is 37.6 Å². The highest BCUT2D eigenvalue weighted by Crippen LogP contribution is 2.33. The summed E-state index contributed by atoms with van der Waals surface area (Å²) >= 11 is 0. The molecule has 6 heteroatoms. The minimum absolute atomic E-state index is 0.375. The second-order valence-corrected chi connectivity index (χ2v) is 6.28. The van der Waals surface area contributed by atoms with Crippen molar-refractivity contribution in [1.82, 2.24) is 30.0 Å². The third kappa shape index (κ3) is 3.34. The number of nitrogens with zero attached hydrogens (tertiary/aromatic N) is 5. The zero-order chi connectivity index (χ0) is 15.5. The lowest BCUT2D eigenvalue weighted by Gasteiger charge is -2.26. The zero-order valence-electron chi connectivity index (χ0n) is 13.6. The number of aromatic nitrogens is 4. The quantitative estimate of drug-likeness (QED) is 0.914. The number of nitrogens with one attached hydrogen (secondary N) is 1. The van der Waals surface area contributed by atoms with Crippen LogP contribution in [0.25, 0.3) is 0 Å². The molecule has 1 N–H and O–H groups in total. The molecule has 3 heterocycles. The normalized spacial score (nSPS) is 19.2. The number of rotatable bonds is 5. The molecular formula is C16H24N6. The van der Waals surface area contributed by atoms with Gasteiger partial charge in [0.15, 0.2) is 0 Å². The highest BCUT2D eigenvalue weighted by molar-refractivity contribution is 5.22. The first-order chi connectivity index (χ1) is 10.6. The topological polar surface area (TPSA) is 60.9 Å². The van der Waals surface area contributed by atoms with Crippen LogP contribution in [0, 0.1) is 6.92 Å². The van der Waals surface area contributed by atoms with Crippen molar-refractivity contribution < 1.29 is 0 Å². The van der Waals surface area contributed by atoms with Gasteiger partial charge in [-0.15, -0.1) is 0 Å². The van der Waals surface area contributed by atoms with E-state index in [0.29, 0.717) is 6.04 Å². The summed E-state index contributed by atoms with van der Waals surface area (Å²) in [5.41, 5.74) is 3.59. The average molecular weight is 300 g/mol. The first kappa shape index (κ1) is 15.1. The highest BCUT2D eigenvalue weighted by atomic mass is 15.2. The maximum Gasteiger partial charge on any atom is 0.125 e. The first-order valence-corrected chi connectivity index (χ1v) is 7.83. The molecule has 1 fully saturated rings. The van der Waals surface area contributed by atoms with Crippen molar-refractivity contribution in [1.29, 1.82) is 0 Å². The van der Waals surface area contributed by atoms with E-state index in [1.807, 2.05) is 25.4 Å². The number of aromatic amines is 1. The SMILES string of the molecule is Cc1ncc(CN(C)C)c([C@H]2CCCN2Cc2ccn[nH]2)n1. The van der Waals surface area contributed by atoms with E-state index in [-0.39, 0.29) is 0 Å². The van der Waals surface area contributed by atoms with Gasteiger partial charge in [0.05, 0.1) is 11.7 Å². The van der Waals surface area contributed by atoms with Gasteiger partial charge in [0.1, 0.15) is 5.82 Å². The molecule has 1 aliphatic rings. The Balaban J connectivity index is 1.86. The van der Waals surface area contributed by atoms with Crippen LogP contribution in [-0.4, -0.2) is 50.6 Å². The summed E-state index contributed by atoms with van der Waals surface area (Å²) < 4.78 is 0. The van der Waals surface area contributed by atoms with Crippen LogP contribution in [0.5, 0.6) is 0 Å². The fourth-order valence-electron chi connectivity index (χ4n) is 3.18. The summed E-state index contributed by atoms with van der Waals surface area (Å²) in [6.07, 6.45) is 6.17. The van der Waals surface area contributed by atoms with Crippen LogP contribution in [0.2, 0.25) is 0 Å². The van der Waals surface area contributed by atoms with Crippen LogP contribution >= 0.6 is 0 Å². The Morgan fingerprint density at radius 2 is 2.27 bits per heavy atom. The minimum atomic E-state index is 0.375. The van der Waals surface area contributed by atoms with Crippen molar-refractivity contribution in [2.45, 2.75) is 38.9 Å². The molecule has 0 radical (unpaired) electrons. The molecule has 0 amide bonds. The Labute approximate surface area is 131 Å². The van der Waals surface area contributed by atoms with Gasteiger partial charge >= 0.3 is 0 Å². The van der Waals surface area contributed by atoms with Gasteiger partial charge in [-0.1, -0.05) is 0 Å². The predicted molar refractivity (Wildman–Crippen MR) is 85.1 cm³/mol. The maximum absolute atomic E-state index is 4.78. The predicted octanol–water partition coefficient (Wildman–Crippen LogP) is 1.91. The lowest BCUT2D eigenvalue weighted by atomic mass is 10.1. The summed E-state index contributed by atoms with van der Waals surface area (Å²) in [7, 11) is 4.17. The van der Waals surface area contributed by atoms with Crippen molar-refractivity contribution in [3.8, 4) is 0 Å². The van der Waals surface area contributed by atoms with Crippen LogP contribution in [-0.2, 0) is 13.1 Å². The Morgan fingerprint density at radius 1 is 1.41 bits per heavy atom. The third-order valence-electron chi connectivity index (χ3n) is 4.12. The standard InChI is InChI=1S/C16H24N6/c1-12-17-9-13(10-21(2)3)16(19-12)15-5-4-8-22(15)11-14-6-7-18-20-14/h6-7,9,15H,4-5,8,10-11H2,1-3H3,(H,18,20)/t15-/m1/s1. The summed E-state index contributed by atoms with van der Waals surface area (Å²) in [6, 6.07) is 2.42. The molecule has 2 aromatic heterocycles. The lowest BCUT2D eigenvalue weighted by molar-refractivity contribution is 0.238. The zero-order valence-corrected chi connectivity index (χ0v) is 13.6. The van der Waals surface area contributed by atoms with E-state index in [2.05, 4.69) is 39.1 Å². The van der Waals surface area contributed by atoms with E-state index in [1.165, 1.54) is 17.7 Å². The van der Waals surface area contributed by atoms with E-state index < -0.39 is 0 Å². The number of hydrogen-bond acceptors (Lipinski definition) is 5. The van der Waals surface area contributed by atoms with Gasteiger partial charge in [0.2, 0.25) is 0 Å². The average Bonchev–Trinajstić information content (AvgIpc) is 3.12. The molecule has 1 saturated heterocycles. The fraction of sp³-hybridized carbons (Fsp3) is 0.562. The van der Waals surface area contributed by atoms with Gasteiger partial charge in [0.25, 0.3) is 0 Å². The first-order valence-electron chi connectivity index (χ1n) is 7.83. The minimum Gasteiger partial charge on any atom is -0.305 e. The van der Waals surface area contributed by atoms with Gasteiger partial charge in [0, 0.05) is 36.7 Å². The van der Waals surface area contributed by atoms with E-state index >= 15 is 0 Å². The molecule has 2 aromatic rings. The van der Waals surface area contributed by atoms with Crippen LogP contribution in [0.4, 0.5) is 0 Å². The summed E-state index contributed by atoms with van der Waals surface area (Å²) in [5, 5.41) is 7.11. The van der Waals surface area contributed by atoms with E-state index in [4.69, 9.17) is 4.98 Å². The molecule has 1 atom stereocenters. The van der Waals surface area contributed by atoms with Crippen molar-refractivity contribution in [2.24, 2.45) is 0 Å². The van der Waals surface area contributed by atoms with Crippen LogP contribution < -0.4 is 0 Å². The smallest absolute Gasteiger partial charge is 0.125 e. The van der Waals surface area contributed by atoms with Gasteiger partial charge in [-0.3, -0.25) is 10.00 Å². The molecular weight excluding hydrogens is 276 g/mol. The molecule has 0 spiro atoms. The van der Waals surface area contributed by atoms with Gasteiger partial charge in [-0.25, -0.2) is 9.97 Å². The third-order valence-corrected chi connectivity index (χ3v) is 4.12. The monoisotopic (exact) mass is 300 g/mol. The largest absolute Gasteiger partial charge is 0.305 e. The van der Waals surface area contributed by atoms with Crippen molar-refractivity contribution >= 4 is 0 Å². The number of hydrogen-bond donors (Lipinski definition) is 1. The van der Waals surface area contributed by atoms with Crippen LogP contribution in [0.15, 0.2) is 18.5 Å². The Bertz CT molecular complexity index is 607. The van der Waals surface area contributed by atoms with Gasteiger partial charge in [-0.2, -0.15) is 5.10 Å². The van der Waals surface area contributed by atoms with Crippen molar-refractivity contribution in [3.63, 3.8) is 0 Å². The molecule has 1 aliphatic heterocycles. The summed E-state index contributed by atoms with van der Waals surface area (Å²) in [5.74, 6) is 0.853. The van der Waals surface area contributed by atoms with Crippen molar-refractivity contribution in [3.05, 3.63) is 41.2 Å². The molecule has 0 saturated carbocycles. The van der Waals surface area contributed by atoms with Crippen LogP contribution in [0.3, 0.4) is 0 Å². The molecule has 6 nitrogen and oxygen atoms in total. The Hall–Kier alpha value is -1.79. The number of H-pyrrole nitrogens is 1. The van der Waals surface area contributed by atoms with E-state index in [9.17, 15) is 0 Å². The fourth-order valence-corrected chi connectivity index (χ4v) is 3.18. The van der Waals surface area contributed by atoms with E-state index in [1.54, 1.807) is 0 Å². The maximum atomic E-state index is 4.78. The number of likely N-dealkylation sites (tertiary alicyclic amines) is 1. The second kappa shape index (κ2) is 6.54. The molecule has 22 heavy (non-hydrogen) atoms.